The van der Waals surface area contributed by atoms with E-state index in [0.717, 1.165) is 24.4 Å². The van der Waals surface area contributed by atoms with Crippen molar-refractivity contribution < 1.29 is 9.21 Å². The molecule has 1 saturated carbocycles. The Morgan fingerprint density at radius 1 is 1.57 bits per heavy atom. The van der Waals surface area contributed by atoms with Gasteiger partial charge in [0.1, 0.15) is 11.5 Å². The third kappa shape index (κ3) is 2.52. The van der Waals surface area contributed by atoms with E-state index in [4.69, 9.17) is 4.42 Å². The maximum Gasteiger partial charge on any atom is 0.315 e. The number of carbonyl (C=O) groups excluding carboxylic acids is 1. The fraction of sp³-hybridized carbons (Fsp3) is 0.500. The van der Waals surface area contributed by atoms with Gasteiger partial charge in [0.15, 0.2) is 0 Å². The molecule has 1 aromatic heterocycles. The Labute approximate surface area is 82.7 Å². The Morgan fingerprint density at radius 3 is 2.93 bits per heavy atom. The molecular weight excluding hydrogens is 180 g/mol. The van der Waals surface area contributed by atoms with Crippen LogP contribution in [0.25, 0.3) is 0 Å². The van der Waals surface area contributed by atoms with Gasteiger partial charge in [-0.3, -0.25) is 0 Å². The van der Waals surface area contributed by atoms with Crippen LogP contribution in [0, 0.1) is 6.92 Å². The van der Waals surface area contributed by atoms with Gasteiger partial charge in [0, 0.05) is 6.04 Å². The summed E-state index contributed by atoms with van der Waals surface area (Å²) in [6.45, 7) is 2.33. The summed E-state index contributed by atoms with van der Waals surface area (Å²) in [7, 11) is 0. The molecule has 1 aromatic rings. The molecule has 2 N–H and O–H groups in total. The van der Waals surface area contributed by atoms with E-state index < -0.39 is 0 Å². The SMILES string of the molecule is Cc1ccc(CNC(=O)NC2CC2)o1. The van der Waals surface area contributed by atoms with E-state index in [1.54, 1.807) is 0 Å². The number of amides is 2. The summed E-state index contributed by atoms with van der Waals surface area (Å²) < 4.78 is 5.31. The molecule has 2 rings (SSSR count). The molecule has 0 atom stereocenters. The number of hydrogen-bond acceptors (Lipinski definition) is 2. The van der Waals surface area contributed by atoms with Crippen molar-refractivity contribution in [2.45, 2.75) is 32.4 Å². The second-order valence-electron chi connectivity index (χ2n) is 3.61. The lowest BCUT2D eigenvalue weighted by atomic mass is 10.4. The van der Waals surface area contributed by atoms with Crippen molar-refractivity contribution in [2.75, 3.05) is 0 Å². The number of aryl methyl sites for hydroxylation is 1. The molecule has 2 amide bonds. The van der Waals surface area contributed by atoms with E-state index in [9.17, 15) is 4.79 Å². The molecular formula is C10H14N2O2. The van der Waals surface area contributed by atoms with Crippen LogP contribution in [-0.4, -0.2) is 12.1 Å². The molecule has 0 aromatic carbocycles. The molecule has 1 aliphatic rings. The zero-order valence-corrected chi connectivity index (χ0v) is 8.17. The van der Waals surface area contributed by atoms with E-state index in [1.807, 2.05) is 19.1 Å². The summed E-state index contributed by atoms with van der Waals surface area (Å²) in [6, 6.07) is 4.04. The lowest BCUT2D eigenvalue weighted by Gasteiger charge is -2.03. The normalized spacial score (nSPS) is 15.2. The molecule has 0 bridgehead atoms. The van der Waals surface area contributed by atoms with Gasteiger partial charge in [-0.2, -0.15) is 0 Å². The fourth-order valence-corrected chi connectivity index (χ4v) is 1.21. The summed E-state index contributed by atoms with van der Waals surface area (Å²) in [6.07, 6.45) is 2.21. The maximum absolute atomic E-state index is 11.2. The standard InChI is InChI=1S/C10H14N2O2/c1-7-2-5-9(14-7)6-11-10(13)12-8-3-4-8/h2,5,8H,3-4,6H2,1H3,(H2,11,12,13). The first-order chi connectivity index (χ1) is 6.74. The minimum Gasteiger partial charge on any atom is -0.465 e. The van der Waals surface area contributed by atoms with Gasteiger partial charge in [-0.25, -0.2) is 4.79 Å². The summed E-state index contributed by atoms with van der Waals surface area (Å²) >= 11 is 0. The highest BCUT2D eigenvalue weighted by Gasteiger charge is 2.22. The third-order valence-electron chi connectivity index (χ3n) is 2.13. The van der Waals surface area contributed by atoms with Crippen LogP contribution >= 0.6 is 0 Å². The van der Waals surface area contributed by atoms with E-state index in [2.05, 4.69) is 10.6 Å². The molecule has 0 saturated heterocycles. The smallest absolute Gasteiger partial charge is 0.315 e. The minimum atomic E-state index is -0.110. The molecule has 4 heteroatoms. The van der Waals surface area contributed by atoms with Crippen molar-refractivity contribution in [3.8, 4) is 0 Å². The Hall–Kier alpha value is -1.45. The van der Waals surface area contributed by atoms with Crippen molar-refractivity contribution in [1.29, 1.82) is 0 Å². The van der Waals surface area contributed by atoms with Crippen LogP contribution in [0.15, 0.2) is 16.5 Å². The first-order valence-electron chi connectivity index (χ1n) is 4.84. The number of furan rings is 1. The van der Waals surface area contributed by atoms with Gasteiger partial charge in [-0.15, -0.1) is 0 Å². The Balaban J connectivity index is 1.73. The molecule has 14 heavy (non-hydrogen) atoms. The van der Waals surface area contributed by atoms with Crippen LogP contribution in [-0.2, 0) is 6.54 Å². The fourth-order valence-electron chi connectivity index (χ4n) is 1.21. The number of urea groups is 1. The monoisotopic (exact) mass is 194 g/mol. The van der Waals surface area contributed by atoms with Crippen LogP contribution in [0.1, 0.15) is 24.4 Å². The Bertz CT molecular complexity index is 329. The van der Waals surface area contributed by atoms with Crippen molar-refractivity contribution in [2.24, 2.45) is 0 Å². The van der Waals surface area contributed by atoms with Gasteiger partial charge in [0.05, 0.1) is 6.54 Å². The molecule has 0 radical (unpaired) electrons. The second kappa shape index (κ2) is 3.74. The van der Waals surface area contributed by atoms with Gasteiger partial charge in [-0.1, -0.05) is 0 Å². The molecule has 1 fully saturated rings. The predicted octanol–water partition coefficient (Wildman–Crippen LogP) is 1.55. The average Bonchev–Trinajstić information content (AvgIpc) is 2.85. The van der Waals surface area contributed by atoms with Crippen LogP contribution in [0.5, 0.6) is 0 Å². The quantitative estimate of drug-likeness (QED) is 0.767. The molecule has 0 aliphatic heterocycles. The highest BCUT2D eigenvalue weighted by Crippen LogP contribution is 2.18. The van der Waals surface area contributed by atoms with Crippen LogP contribution < -0.4 is 10.6 Å². The van der Waals surface area contributed by atoms with E-state index >= 15 is 0 Å². The summed E-state index contributed by atoms with van der Waals surface area (Å²) in [5.74, 6) is 1.65. The summed E-state index contributed by atoms with van der Waals surface area (Å²) in [4.78, 5) is 11.2. The first kappa shape index (κ1) is 9.12. The molecule has 0 spiro atoms. The lowest BCUT2D eigenvalue weighted by Crippen LogP contribution is -2.36. The highest BCUT2D eigenvalue weighted by atomic mass is 16.3. The molecule has 1 aliphatic carbocycles. The average molecular weight is 194 g/mol. The molecule has 0 unspecified atom stereocenters. The summed E-state index contributed by atoms with van der Waals surface area (Å²) in [5.41, 5.74) is 0. The van der Waals surface area contributed by atoms with E-state index in [0.29, 0.717) is 12.6 Å². The highest BCUT2D eigenvalue weighted by molar-refractivity contribution is 5.74. The van der Waals surface area contributed by atoms with Gasteiger partial charge in [0.2, 0.25) is 0 Å². The number of rotatable bonds is 3. The number of hydrogen-bond donors (Lipinski definition) is 2. The maximum atomic E-state index is 11.2. The lowest BCUT2D eigenvalue weighted by molar-refractivity contribution is 0.239. The van der Waals surface area contributed by atoms with Crippen molar-refractivity contribution in [3.05, 3.63) is 23.7 Å². The second-order valence-corrected chi connectivity index (χ2v) is 3.61. The van der Waals surface area contributed by atoms with Crippen molar-refractivity contribution in [1.82, 2.24) is 10.6 Å². The minimum absolute atomic E-state index is 0.110. The Kier molecular flexibility index (Phi) is 2.43. The number of nitrogens with one attached hydrogen (secondary N) is 2. The van der Waals surface area contributed by atoms with Crippen molar-refractivity contribution in [3.63, 3.8) is 0 Å². The van der Waals surface area contributed by atoms with Crippen molar-refractivity contribution >= 4 is 6.03 Å². The van der Waals surface area contributed by atoms with E-state index in [-0.39, 0.29) is 6.03 Å². The zero-order chi connectivity index (χ0) is 9.97. The van der Waals surface area contributed by atoms with Crippen LogP contribution in [0.4, 0.5) is 4.79 Å². The van der Waals surface area contributed by atoms with Gasteiger partial charge in [-0.05, 0) is 31.9 Å². The topological polar surface area (TPSA) is 54.3 Å². The van der Waals surface area contributed by atoms with Gasteiger partial charge in [0.25, 0.3) is 0 Å². The molecule has 1 heterocycles. The third-order valence-corrected chi connectivity index (χ3v) is 2.13. The van der Waals surface area contributed by atoms with Crippen LogP contribution in [0.3, 0.4) is 0 Å². The van der Waals surface area contributed by atoms with Crippen LogP contribution in [0.2, 0.25) is 0 Å². The van der Waals surface area contributed by atoms with E-state index in [1.165, 1.54) is 0 Å². The number of carbonyl (C=O) groups is 1. The molecule has 76 valence electrons. The van der Waals surface area contributed by atoms with Gasteiger partial charge >= 0.3 is 6.03 Å². The predicted molar refractivity (Wildman–Crippen MR) is 51.8 cm³/mol. The zero-order valence-electron chi connectivity index (χ0n) is 8.17. The first-order valence-corrected chi connectivity index (χ1v) is 4.84. The summed E-state index contributed by atoms with van der Waals surface area (Å²) in [5, 5.41) is 5.58. The largest absolute Gasteiger partial charge is 0.465 e. The van der Waals surface area contributed by atoms with Gasteiger partial charge < -0.3 is 15.1 Å². The molecule has 4 nitrogen and oxygen atoms in total. The Morgan fingerprint density at radius 2 is 2.36 bits per heavy atom.